The summed E-state index contributed by atoms with van der Waals surface area (Å²) in [6.07, 6.45) is 2.09. The van der Waals surface area contributed by atoms with Crippen LogP contribution in [0.4, 0.5) is 11.4 Å². The molecule has 2 aromatic carbocycles. The molecule has 2 fully saturated rings. The summed E-state index contributed by atoms with van der Waals surface area (Å²) < 4.78 is 39.0. The van der Waals surface area contributed by atoms with Gasteiger partial charge in [0.05, 0.1) is 35.9 Å². The van der Waals surface area contributed by atoms with Crippen molar-refractivity contribution in [2.45, 2.75) is 24.2 Å². The predicted molar refractivity (Wildman–Crippen MR) is 135 cm³/mol. The summed E-state index contributed by atoms with van der Waals surface area (Å²) in [4.78, 5) is 27.0. The highest BCUT2D eigenvalue weighted by molar-refractivity contribution is 9.10. The van der Waals surface area contributed by atoms with Crippen LogP contribution in [-0.2, 0) is 35.5 Å². The highest BCUT2D eigenvalue weighted by atomic mass is 79.9. The fourth-order valence-electron chi connectivity index (χ4n) is 4.10. The summed E-state index contributed by atoms with van der Waals surface area (Å²) in [5.74, 6) is -1.05. The second kappa shape index (κ2) is 11.5. The van der Waals surface area contributed by atoms with E-state index in [4.69, 9.17) is 9.47 Å². The molecule has 2 saturated heterocycles. The van der Waals surface area contributed by atoms with E-state index in [2.05, 4.69) is 26.1 Å². The molecule has 0 saturated carbocycles. The highest BCUT2D eigenvalue weighted by Crippen LogP contribution is 2.32. The van der Waals surface area contributed by atoms with E-state index in [0.29, 0.717) is 18.9 Å². The molecule has 188 valence electrons. The lowest BCUT2D eigenvalue weighted by atomic mass is 10.2. The van der Waals surface area contributed by atoms with Crippen LogP contribution in [0.5, 0.6) is 0 Å². The minimum absolute atomic E-state index is 0.0485. The molecule has 0 atom stereocenters. The quantitative estimate of drug-likeness (QED) is 0.490. The Hall–Kier alpha value is -2.47. The number of amides is 1. The monoisotopic (exact) mass is 565 g/mol. The minimum atomic E-state index is -3.73. The summed E-state index contributed by atoms with van der Waals surface area (Å²) in [5, 5.41) is 2.76. The van der Waals surface area contributed by atoms with Crippen molar-refractivity contribution in [3.63, 3.8) is 0 Å². The topological polar surface area (TPSA) is 105 Å². The van der Waals surface area contributed by atoms with Crippen LogP contribution >= 0.6 is 15.9 Å². The Kier molecular flexibility index (Phi) is 8.42. The second-order valence-electron chi connectivity index (χ2n) is 8.40. The number of nitrogens with one attached hydrogen (secondary N) is 1. The number of rotatable bonds is 8. The van der Waals surface area contributed by atoms with Crippen LogP contribution in [0.3, 0.4) is 0 Å². The third-order valence-corrected chi connectivity index (χ3v) is 8.35. The Labute approximate surface area is 213 Å². The van der Waals surface area contributed by atoms with Gasteiger partial charge in [0.25, 0.3) is 5.91 Å². The van der Waals surface area contributed by atoms with Gasteiger partial charge in [0.1, 0.15) is 0 Å². The first-order chi connectivity index (χ1) is 16.8. The Bertz CT molecular complexity index is 1160. The SMILES string of the molecule is O=C(COC(=O)Cc1ccc(Br)cc1)Nc1cc(S(=O)(=O)N2CCOCC2)ccc1N1CCCC1. The Morgan fingerprint density at radius 3 is 2.37 bits per heavy atom. The smallest absolute Gasteiger partial charge is 0.310 e. The molecule has 4 rings (SSSR count). The summed E-state index contributed by atoms with van der Waals surface area (Å²) in [6, 6.07) is 12.0. The second-order valence-corrected chi connectivity index (χ2v) is 11.3. The molecule has 0 bridgehead atoms. The van der Waals surface area contributed by atoms with Crippen molar-refractivity contribution in [1.82, 2.24) is 4.31 Å². The van der Waals surface area contributed by atoms with Gasteiger partial charge in [-0.3, -0.25) is 9.59 Å². The number of nitrogens with zero attached hydrogens (tertiary/aromatic N) is 2. The van der Waals surface area contributed by atoms with Crippen LogP contribution in [0.25, 0.3) is 0 Å². The number of ether oxygens (including phenoxy) is 2. The lowest BCUT2D eigenvalue weighted by molar-refractivity contribution is -0.146. The zero-order chi connectivity index (χ0) is 24.8. The van der Waals surface area contributed by atoms with Gasteiger partial charge in [-0.2, -0.15) is 4.31 Å². The van der Waals surface area contributed by atoms with Crippen LogP contribution in [0.1, 0.15) is 18.4 Å². The standard InChI is InChI=1S/C24H28BrN3O6S/c25-19-5-3-18(4-6-19)15-24(30)34-17-23(29)26-21-16-20(7-8-22(21)27-9-1-2-10-27)35(31,32)28-11-13-33-14-12-28/h3-8,16H,1-2,9-15,17H2,(H,26,29). The van der Waals surface area contributed by atoms with Crippen molar-refractivity contribution in [3.05, 3.63) is 52.5 Å². The first-order valence-electron chi connectivity index (χ1n) is 11.5. The molecule has 1 N–H and O–H groups in total. The molecule has 35 heavy (non-hydrogen) atoms. The van der Waals surface area contributed by atoms with E-state index in [1.54, 1.807) is 24.3 Å². The molecule has 0 radical (unpaired) electrons. The van der Waals surface area contributed by atoms with Gasteiger partial charge in [-0.15, -0.1) is 0 Å². The number of anilines is 2. The lowest BCUT2D eigenvalue weighted by Gasteiger charge is -2.27. The molecular weight excluding hydrogens is 538 g/mol. The van der Waals surface area contributed by atoms with Gasteiger partial charge in [0.2, 0.25) is 10.0 Å². The van der Waals surface area contributed by atoms with Crippen molar-refractivity contribution in [3.8, 4) is 0 Å². The van der Waals surface area contributed by atoms with E-state index in [9.17, 15) is 18.0 Å². The number of carbonyl (C=O) groups is 2. The van der Waals surface area contributed by atoms with E-state index in [0.717, 1.165) is 41.7 Å². The van der Waals surface area contributed by atoms with Crippen LogP contribution in [0, 0.1) is 0 Å². The molecular formula is C24H28BrN3O6S. The van der Waals surface area contributed by atoms with Crippen molar-refractivity contribution < 1.29 is 27.5 Å². The summed E-state index contributed by atoms with van der Waals surface area (Å²) in [7, 11) is -3.73. The van der Waals surface area contributed by atoms with Gasteiger partial charge >= 0.3 is 5.97 Å². The van der Waals surface area contributed by atoms with Crippen molar-refractivity contribution in [1.29, 1.82) is 0 Å². The van der Waals surface area contributed by atoms with Crippen LogP contribution < -0.4 is 10.2 Å². The first kappa shape index (κ1) is 25.6. The molecule has 2 aliphatic rings. The Balaban J connectivity index is 1.46. The summed E-state index contributed by atoms with van der Waals surface area (Å²) in [6.45, 7) is 2.44. The third kappa shape index (κ3) is 6.60. The molecule has 2 aliphatic heterocycles. The highest BCUT2D eigenvalue weighted by Gasteiger charge is 2.28. The van der Waals surface area contributed by atoms with Gasteiger partial charge in [-0.05, 0) is 48.7 Å². The minimum Gasteiger partial charge on any atom is -0.455 e. The molecule has 0 aliphatic carbocycles. The van der Waals surface area contributed by atoms with Gasteiger partial charge in [-0.1, -0.05) is 28.1 Å². The molecule has 9 nitrogen and oxygen atoms in total. The maximum absolute atomic E-state index is 13.1. The zero-order valence-corrected chi connectivity index (χ0v) is 21.6. The number of sulfonamides is 1. The van der Waals surface area contributed by atoms with E-state index in [1.165, 1.54) is 10.4 Å². The van der Waals surface area contributed by atoms with E-state index in [-0.39, 0.29) is 24.4 Å². The number of benzene rings is 2. The van der Waals surface area contributed by atoms with Crippen molar-refractivity contribution in [2.75, 3.05) is 56.2 Å². The fraction of sp³-hybridized carbons (Fsp3) is 0.417. The number of esters is 1. The maximum atomic E-state index is 13.1. The number of hydrogen-bond donors (Lipinski definition) is 1. The summed E-state index contributed by atoms with van der Waals surface area (Å²) in [5.41, 5.74) is 1.91. The van der Waals surface area contributed by atoms with Crippen LogP contribution in [0.15, 0.2) is 51.8 Å². The molecule has 0 unspecified atom stereocenters. The largest absolute Gasteiger partial charge is 0.455 e. The zero-order valence-electron chi connectivity index (χ0n) is 19.2. The molecule has 0 spiro atoms. The van der Waals surface area contributed by atoms with Gasteiger partial charge in [0.15, 0.2) is 6.61 Å². The van der Waals surface area contributed by atoms with Crippen LogP contribution in [-0.4, -0.2) is 70.6 Å². The van der Waals surface area contributed by atoms with Crippen molar-refractivity contribution >= 4 is 49.2 Å². The molecule has 1 amide bonds. The van der Waals surface area contributed by atoms with Crippen LogP contribution in [0.2, 0.25) is 0 Å². The molecule has 0 aromatic heterocycles. The number of carbonyl (C=O) groups excluding carboxylic acids is 2. The van der Waals surface area contributed by atoms with Gasteiger partial charge in [0, 0.05) is 30.7 Å². The Morgan fingerprint density at radius 2 is 1.69 bits per heavy atom. The third-order valence-electron chi connectivity index (χ3n) is 5.92. The number of morpholine rings is 1. The molecule has 2 aromatic rings. The fourth-order valence-corrected chi connectivity index (χ4v) is 5.80. The van der Waals surface area contributed by atoms with Gasteiger partial charge in [-0.25, -0.2) is 8.42 Å². The van der Waals surface area contributed by atoms with E-state index >= 15 is 0 Å². The van der Waals surface area contributed by atoms with Crippen molar-refractivity contribution in [2.24, 2.45) is 0 Å². The van der Waals surface area contributed by atoms with E-state index in [1.807, 2.05) is 12.1 Å². The average Bonchev–Trinajstić information content (AvgIpc) is 3.39. The molecule has 11 heteroatoms. The van der Waals surface area contributed by atoms with E-state index < -0.39 is 28.5 Å². The normalized spacial score (nSPS) is 16.8. The maximum Gasteiger partial charge on any atom is 0.310 e. The Morgan fingerprint density at radius 1 is 1.00 bits per heavy atom. The number of hydrogen-bond acceptors (Lipinski definition) is 7. The molecule has 2 heterocycles. The average molecular weight is 566 g/mol. The predicted octanol–water partition coefficient (Wildman–Crippen LogP) is 2.79. The summed E-state index contributed by atoms with van der Waals surface area (Å²) >= 11 is 3.34. The first-order valence-corrected chi connectivity index (χ1v) is 13.7. The lowest BCUT2D eigenvalue weighted by Crippen LogP contribution is -2.40. The van der Waals surface area contributed by atoms with Gasteiger partial charge < -0.3 is 19.7 Å². The number of halogens is 1.